The van der Waals surface area contributed by atoms with Crippen LogP contribution in [0.2, 0.25) is 0 Å². The number of hydrogen-bond donors (Lipinski definition) is 5. The summed E-state index contributed by atoms with van der Waals surface area (Å²) in [5.41, 5.74) is -0.797. The Kier molecular flexibility index (Phi) is 8.02. The number of rotatable bonds is 10. The highest BCUT2D eigenvalue weighted by Gasteiger charge is 2.66. The van der Waals surface area contributed by atoms with Crippen molar-refractivity contribution in [3.63, 3.8) is 0 Å². The quantitative estimate of drug-likeness (QED) is 0.230. The van der Waals surface area contributed by atoms with Crippen LogP contribution in [0.5, 0.6) is 0 Å². The molecule has 2 heterocycles. The number of hydrogen-bond acceptors (Lipinski definition) is 7. The summed E-state index contributed by atoms with van der Waals surface area (Å²) in [5.74, 6) is -3.39. The number of methoxy groups -OCH3 is 1. The molecule has 4 amide bonds. The number of thioether (sulfide) groups is 1. The molecule has 1 aromatic carbocycles. The fourth-order valence-corrected chi connectivity index (χ4v) is 5.26. The molecule has 12 nitrogen and oxygen atoms in total. The lowest BCUT2D eigenvalue weighted by Gasteiger charge is -2.55. The van der Waals surface area contributed by atoms with Crippen molar-refractivity contribution in [1.29, 1.82) is 0 Å². The molecule has 1 fully saturated rings. The number of anilines is 1. The van der Waals surface area contributed by atoms with Crippen LogP contribution in [0.15, 0.2) is 41.6 Å². The van der Waals surface area contributed by atoms with Gasteiger partial charge in [-0.1, -0.05) is 18.2 Å². The van der Waals surface area contributed by atoms with Gasteiger partial charge in [0.2, 0.25) is 5.91 Å². The Morgan fingerprint density at radius 3 is 2.51 bits per heavy atom. The van der Waals surface area contributed by atoms with Gasteiger partial charge in [0.25, 0.3) is 11.6 Å². The first-order chi connectivity index (χ1) is 16.6. The van der Waals surface area contributed by atoms with E-state index in [4.69, 9.17) is 4.74 Å². The maximum absolute atomic E-state index is 12.8. The van der Waals surface area contributed by atoms with Crippen molar-refractivity contribution >= 4 is 47.2 Å². The van der Waals surface area contributed by atoms with Crippen LogP contribution in [0.3, 0.4) is 0 Å². The molecule has 0 saturated carbocycles. The van der Waals surface area contributed by atoms with E-state index in [1.54, 1.807) is 37.3 Å². The molecular formula is C22H26N4O8S. The lowest BCUT2D eigenvalue weighted by atomic mass is 9.98. The minimum atomic E-state index is -1.71. The molecule has 35 heavy (non-hydrogen) atoms. The smallest absolute Gasteiger partial charge is 0.352 e. The van der Waals surface area contributed by atoms with Crippen LogP contribution in [0.4, 0.5) is 10.5 Å². The minimum Gasteiger partial charge on any atom is -0.480 e. The Morgan fingerprint density at radius 1 is 1.23 bits per heavy atom. The Balaban J connectivity index is 1.54. The molecule has 0 aliphatic carbocycles. The fourth-order valence-electron chi connectivity index (χ4n) is 3.88. The van der Waals surface area contributed by atoms with E-state index in [1.165, 1.54) is 18.9 Å². The van der Waals surface area contributed by atoms with Gasteiger partial charge in [-0.2, -0.15) is 0 Å². The lowest BCUT2D eigenvalue weighted by Crippen LogP contribution is -2.80. The van der Waals surface area contributed by atoms with Crippen molar-refractivity contribution in [2.45, 2.75) is 43.3 Å². The molecule has 3 atom stereocenters. The van der Waals surface area contributed by atoms with Crippen LogP contribution < -0.4 is 16.0 Å². The molecule has 0 radical (unpaired) electrons. The van der Waals surface area contributed by atoms with Gasteiger partial charge in [0, 0.05) is 25.0 Å². The Hall–Kier alpha value is -3.58. The monoisotopic (exact) mass is 506 g/mol. The predicted octanol–water partition coefficient (Wildman–Crippen LogP) is 1.16. The van der Waals surface area contributed by atoms with Crippen LogP contribution >= 0.6 is 11.8 Å². The first-order valence-corrected chi connectivity index (χ1v) is 11.8. The van der Waals surface area contributed by atoms with E-state index in [-0.39, 0.29) is 25.0 Å². The SMILES string of the molecule is COC1(NC(=O)CCCC(NC(=O)Nc2ccccc2)C(=O)O)C(=O)N2C(C(=O)O)=C(C)CS[C@@H]21. The maximum Gasteiger partial charge on any atom is 0.352 e. The first kappa shape index (κ1) is 26.0. The van der Waals surface area contributed by atoms with Crippen molar-refractivity contribution < 1.29 is 38.9 Å². The molecule has 5 N–H and O–H groups in total. The predicted molar refractivity (Wildman–Crippen MR) is 125 cm³/mol. The molecular weight excluding hydrogens is 480 g/mol. The number of amides is 4. The van der Waals surface area contributed by atoms with Crippen LogP contribution in [-0.4, -0.2) is 74.9 Å². The molecule has 1 aromatic rings. The van der Waals surface area contributed by atoms with Crippen LogP contribution in [0.1, 0.15) is 26.2 Å². The summed E-state index contributed by atoms with van der Waals surface area (Å²) in [5, 5.41) is 25.6. The number of nitrogens with one attached hydrogen (secondary N) is 3. The van der Waals surface area contributed by atoms with Gasteiger partial charge in [0.1, 0.15) is 17.1 Å². The largest absolute Gasteiger partial charge is 0.480 e. The van der Waals surface area contributed by atoms with Gasteiger partial charge in [-0.25, -0.2) is 14.4 Å². The number of aliphatic carboxylic acids is 2. The Morgan fingerprint density at radius 2 is 1.91 bits per heavy atom. The van der Waals surface area contributed by atoms with Crippen LogP contribution in [0.25, 0.3) is 0 Å². The third kappa shape index (κ3) is 5.41. The molecule has 0 aromatic heterocycles. The summed E-state index contributed by atoms with van der Waals surface area (Å²) >= 11 is 1.27. The molecule has 1 saturated heterocycles. The van der Waals surface area contributed by atoms with Crippen molar-refractivity contribution in [3.05, 3.63) is 41.6 Å². The molecule has 13 heteroatoms. The second-order valence-corrected chi connectivity index (χ2v) is 9.08. The second-order valence-electron chi connectivity index (χ2n) is 8.01. The normalized spacial score (nSPS) is 21.9. The molecule has 2 aliphatic heterocycles. The highest BCUT2D eigenvalue weighted by atomic mass is 32.2. The third-order valence-electron chi connectivity index (χ3n) is 5.60. The zero-order valence-electron chi connectivity index (χ0n) is 19.1. The first-order valence-electron chi connectivity index (χ1n) is 10.7. The molecule has 3 rings (SSSR count). The highest BCUT2D eigenvalue weighted by Crippen LogP contribution is 2.46. The van der Waals surface area contributed by atoms with E-state index in [2.05, 4.69) is 16.0 Å². The van der Waals surface area contributed by atoms with E-state index < -0.39 is 46.9 Å². The second kappa shape index (κ2) is 10.8. The zero-order valence-corrected chi connectivity index (χ0v) is 19.9. The molecule has 0 bridgehead atoms. The van der Waals surface area contributed by atoms with Crippen molar-refractivity contribution in [1.82, 2.24) is 15.5 Å². The highest BCUT2D eigenvalue weighted by molar-refractivity contribution is 8.00. The van der Waals surface area contributed by atoms with Gasteiger partial charge >= 0.3 is 18.0 Å². The number of carbonyl (C=O) groups excluding carboxylic acids is 3. The van der Waals surface area contributed by atoms with Gasteiger partial charge in [0.15, 0.2) is 0 Å². The van der Waals surface area contributed by atoms with Gasteiger partial charge in [-0.15, -0.1) is 11.8 Å². The van der Waals surface area contributed by atoms with E-state index in [0.717, 1.165) is 4.90 Å². The number of carbonyl (C=O) groups is 5. The summed E-state index contributed by atoms with van der Waals surface area (Å²) < 4.78 is 5.35. The lowest BCUT2D eigenvalue weighted by molar-refractivity contribution is -0.192. The van der Waals surface area contributed by atoms with E-state index in [1.807, 2.05) is 0 Å². The molecule has 2 aliphatic rings. The summed E-state index contributed by atoms with van der Waals surface area (Å²) in [6, 6.07) is 6.57. The van der Waals surface area contributed by atoms with Gasteiger partial charge in [-0.3, -0.25) is 14.5 Å². The average molecular weight is 507 g/mol. The number of fused-ring (bicyclic) bond motifs is 1. The standard InChI is InChI=1S/C22H26N4O8S/c1-12-11-35-20-22(34-2,19(32)26(20)16(12)18(30)31)25-15(27)10-6-9-14(17(28)29)24-21(33)23-13-7-4-3-5-8-13/h3-5,7-8,14,20H,6,9-11H2,1-2H3,(H,25,27)(H,28,29)(H,30,31)(H2,23,24,33)/t14?,20-,22?/m1/s1. The van der Waals surface area contributed by atoms with E-state index in [9.17, 15) is 34.2 Å². The number of carboxylic acid groups (broad SMARTS) is 2. The topological polar surface area (TPSA) is 174 Å². The van der Waals surface area contributed by atoms with Crippen LogP contribution in [0, 0.1) is 0 Å². The minimum absolute atomic E-state index is 0.0334. The van der Waals surface area contributed by atoms with Crippen molar-refractivity contribution in [3.8, 4) is 0 Å². The molecule has 2 unspecified atom stereocenters. The van der Waals surface area contributed by atoms with Gasteiger partial charge in [0.05, 0.1) is 0 Å². The number of carboxylic acids is 2. The summed E-state index contributed by atoms with van der Waals surface area (Å²) in [6.07, 6.45) is -0.0696. The van der Waals surface area contributed by atoms with Gasteiger partial charge < -0.3 is 30.9 Å². The van der Waals surface area contributed by atoms with E-state index >= 15 is 0 Å². The fraction of sp³-hybridized carbons (Fsp3) is 0.409. The summed E-state index contributed by atoms with van der Waals surface area (Å²) in [4.78, 5) is 61.7. The molecule has 188 valence electrons. The number of benzene rings is 1. The maximum atomic E-state index is 12.8. The third-order valence-corrected chi connectivity index (χ3v) is 7.06. The number of β-lactam (4-membered cyclic amide) rings is 1. The molecule has 0 spiro atoms. The van der Waals surface area contributed by atoms with Gasteiger partial charge in [-0.05, 0) is 37.5 Å². The number of para-hydroxylation sites is 1. The Labute approximate surface area is 205 Å². The Bertz CT molecular complexity index is 1060. The summed E-state index contributed by atoms with van der Waals surface area (Å²) in [6.45, 7) is 1.62. The average Bonchev–Trinajstić information content (AvgIpc) is 2.81. The zero-order chi connectivity index (χ0) is 25.8. The van der Waals surface area contributed by atoms with E-state index in [0.29, 0.717) is 17.0 Å². The van der Waals surface area contributed by atoms with Crippen molar-refractivity contribution in [2.75, 3.05) is 18.2 Å². The number of nitrogens with zero attached hydrogens (tertiary/aromatic N) is 1. The van der Waals surface area contributed by atoms with Crippen molar-refractivity contribution in [2.24, 2.45) is 0 Å². The number of urea groups is 1. The number of ether oxygens (including phenoxy) is 1. The summed E-state index contributed by atoms with van der Waals surface area (Å²) in [7, 11) is 1.25. The van der Waals surface area contributed by atoms with Crippen LogP contribution in [-0.2, 0) is 23.9 Å².